The summed E-state index contributed by atoms with van der Waals surface area (Å²) < 4.78 is 13.8. The van der Waals surface area contributed by atoms with Gasteiger partial charge in [-0.25, -0.2) is 14.2 Å². The van der Waals surface area contributed by atoms with E-state index in [1.807, 2.05) is 0 Å². The zero-order valence-electron chi connectivity index (χ0n) is 10.1. The highest BCUT2D eigenvalue weighted by atomic mass is 19.1. The van der Waals surface area contributed by atoms with Crippen LogP contribution in [0.1, 0.15) is 15.9 Å². The number of nitrogens with one attached hydrogen (secondary N) is 1. The molecule has 4 N–H and O–H groups in total. The molecule has 0 aliphatic heterocycles. The molecule has 0 aliphatic rings. The molecule has 0 atom stereocenters. The quantitative estimate of drug-likeness (QED) is 0.790. The number of aromatic carboxylic acids is 1. The topological polar surface area (TPSA) is 88.2 Å². The maximum Gasteiger partial charge on any atom is 0.339 e. The monoisotopic (exact) mass is 261 g/mol. The fourth-order valence-electron chi connectivity index (χ4n) is 1.62. The summed E-state index contributed by atoms with van der Waals surface area (Å²) in [6.07, 6.45) is 1.31. The van der Waals surface area contributed by atoms with Gasteiger partial charge in [0.1, 0.15) is 17.2 Å². The molecule has 1 aromatic carbocycles. The van der Waals surface area contributed by atoms with Crippen molar-refractivity contribution in [1.82, 2.24) is 4.98 Å². The number of halogens is 1. The molecule has 0 amide bonds. The molecule has 0 fully saturated rings. The Hall–Kier alpha value is -2.63. The average molecular weight is 261 g/mol. The molecule has 0 aliphatic carbocycles. The highest BCUT2D eigenvalue weighted by Gasteiger charge is 2.14. The van der Waals surface area contributed by atoms with Crippen LogP contribution in [-0.2, 0) is 0 Å². The van der Waals surface area contributed by atoms with Crippen LogP contribution in [0, 0.1) is 12.7 Å². The van der Waals surface area contributed by atoms with Crippen LogP contribution in [0.3, 0.4) is 0 Å². The van der Waals surface area contributed by atoms with E-state index in [1.54, 1.807) is 19.1 Å². The minimum absolute atomic E-state index is 0.0474. The lowest BCUT2D eigenvalue weighted by molar-refractivity contribution is 0.0697. The smallest absolute Gasteiger partial charge is 0.339 e. The van der Waals surface area contributed by atoms with Crippen LogP contribution in [0.2, 0.25) is 0 Å². The minimum atomic E-state index is -1.18. The van der Waals surface area contributed by atoms with Gasteiger partial charge < -0.3 is 16.2 Å². The molecule has 1 aromatic heterocycles. The van der Waals surface area contributed by atoms with Gasteiger partial charge in [-0.2, -0.15) is 0 Å². The van der Waals surface area contributed by atoms with Gasteiger partial charge in [0.15, 0.2) is 0 Å². The summed E-state index contributed by atoms with van der Waals surface area (Å²) in [5.41, 5.74) is 6.23. The Kier molecular flexibility index (Phi) is 3.33. The largest absolute Gasteiger partial charge is 0.478 e. The Morgan fingerprint density at radius 2 is 2.21 bits per heavy atom. The van der Waals surface area contributed by atoms with Crippen LogP contribution in [-0.4, -0.2) is 16.1 Å². The first-order valence-corrected chi connectivity index (χ1v) is 5.50. The third-order valence-electron chi connectivity index (χ3n) is 2.58. The maximum atomic E-state index is 13.8. The zero-order valence-corrected chi connectivity index (χ0v) is 10.1. The number of carbonyl (C=O) groups is 1. The molecule has 1 heterocycles. The van der Waals surface area contributed by atoms with E-state index < -0.39 is 11.8 Å². The summed E-state index contributed by atoms with van der Waals surface area (Å²) in [6, 6.07) is 6.06. The van der Waals surface area contributed by atoms with Crippen LogP contribution in [0.4, 0.5) is 21.6 Å². The molecule has 0 bridgehead atoms. The number of nitrogens with zero attached hydrogens (tertiary/aromatic N) is 1. The third kappa shape index (κ3) is 2.62. The fourth-order valence-corrected chi connectivity index (χ4v) is 1.62. The van der Waals surface area contributed by atoms with E-state index in [4.69, 9.17) is 10.8 Å². The van der Waals surface area contributed by atoms with Crippen LogP contribution in [0.25, 0.3) is 0 Å². The van der Waals surface area contributed by atoms with E-state index >= 15 is 0 Å². The molecule has 5 nitrogen and oxygen atoms in total. The molecule has 98 valence electrons. The number of nitrogen functional groups attached to an aromatic ring is 1. The molecule has 0 saturated carbocycles. The van der Waals surface area contributed by atoms with Crippen molar-refractivity contribution in [2.75, 3.05) is 11.1 Å². The number of hydrogen-bond donors (Lipinski definition) is 3. The van der Waals surface area contributed by atoms with Crippen LogP contribution in [0.15, 0.2) is 30.5 Å². The van der Waals surface area contributed by atoms with E-state index in [2.05, 4.69) is 10.3 Å². The summed E-state index contributed by atoms with van der Waals surface area (Å²) in [7, 11) is 0. The van der Waals surface area contributed by atoms with E-state index in [9.17, 15) is 9.18 Å². The second-order valence-corrected chi connectivity index (χ2v) is 4.03. The maximum absolute atomic E-state index is 13.8. The molecular weight excluding hydrogens is 249 g/mol. The summed E-state index contributed by atoms with van der Waals surface area (Å²) in [4.78, 5) is 15.0. The number of rotatable bonds is 3. The predicted molar refractivity (Wildman–Crippen MR) is 70.0 cm³/mol. The van der Waals surface area contributed by atoms with Gasteiger partial charge in [0.2, 0.25) is 0 Å². The Morgan fingerprint density at radius 1 is 1.47 bits per heavy atom. The number of anilines is 3. The van der Waals surface area contributed by atoms with Gasteiger partial charge in [0.05, 0.1) is 17.6 Å². The van der Waals surface area contributed by atoms with Gasteiger partial charge in [-0.05, 0) is 24.6 Å². The second-order valence-electron chi connectivity index (χ2n) is 4.03. The van der Waals surface area contributed by atoms with Crippen molar-refractivity contribution in [3.8, 4) is 0 Å². The lowest BCUT2D eigenvalue weighted by atomic mass is 10.2. The molecule has 2 aromatic rings. The second kappa shape index (κ2) is 4.93. The molecule has 6 heteroatoms. The Labute approximate surface area is 108 Å². The average Bonchev–Trinajstić information content (AvgIpc) is 2.36. The Morgan fingerprint density at radius 3 is 2.89 bits per heavy atom. The predicted octanol–water partition coefficient (Wildman–Crippen LogP) is 2.55. The summed E-state index contributed by atoms with van der Waals surface area (Å²) in [5, 5.41) is 11.7. The number of aromatic nitrogens is 1. The first kappa shape index (κ1) is 12.8. The number of nitrogens with two attached hydrogens (primary N) is 1. The van der Waals surface area contributed by atoms with E-state index in [-0.39, 0.29) is 22.8 Å². The van der Waals surface area contributed by atoms with Gasteiger partial charge in [0, 0.05) is 0 Å². The minimum Gasteiger partial charge on any atom is -0.478 e. The normalized spacial score (nSPS) is 10.2. The van der Waals surface area contributed by atoms with Gasteiger partial charge in [-0.1, -0.05) is 12.1 Å². The molecule has 2 rings (SSSR count). The molecule has 0 saturated heterocycles. The van der Waals surface area contributed by atoms with Crippen molar-refractivity contribution < 1.29 is 14.3 Å². The molecule has 0 radical (unpaired) electrons. The first-order chi connectivity index (χ1) is 8.99. The van der Waals surface area contributed by atoms with Crippen LogP contribution < -0.4 is 11.1 Å². The van der Waals surface area contributed by atoms with Crippen molar-refractivity contribution in [2.24, 2.45) is 0 Å². The summed E-state index contributed by atoms with van der Waals surface area (Å²) in [5.74, 6) is -1.58. The van der Waals surface area contributed by atoms with Gasteiger partial charge >= 0.3 is 5.97 Å². The molecule has 0 spiro atoms. The van der Waals surface area contributed by atoms with Crippen LogP contribution >= 0.6 is 0 Å². The zero-order chi connectivity index (χ0) is 14.0. The standard InChI is InChI=1S/C13H12FN3O2/c1-7-3-2-4-10(11(7)14)17-12-9(13(18)19)5-8(15)6-16-12/h2-6H,15H2,1H3,(H,16,17)(H,18,19). The number of aryl methyl sites for hydroxylation is 1. The SMILES string of the molecule is Cc1cccc(Nc2ncc(N)cc2C(=O)O)c1F. The van der Waals surface area contributed by atoms with E-state index in [1.165, 1.54) is 18.3 Å². The van der Waals surface area contributed by atoms with Crippen molar-refractivity contribution in [2.45, 2.75) is 6.92 Å². The number of carboxylic acid groups (broad SMARTS) is 1. The van der Waals surface area contributed by atoms with Gasteiger partial charge in [0.25, 0.3) is 0 Å². The van der Waals surface area contributed by atoms with E-state index in [0.29, 0.717) is 5.56 Å². The highest BCUT2D eigenvalue weighted by molar-refractivity contribution is 5.94. The van der Waals surface area contributed by atoms with Gasteiger partial charge in [-0.3, -0.25) is 0 Å². The third-order valence-corrected chi connectivity index (χ3v) is 2.58. The Bertz CT molecular complexity index is 644. The Balaban J connectivity index is 2.44. The van der Waals surface area contributed by atoms with Crippen molar-refractivity contribution in [3.63, 3.8) is 0 Å². The lowest BCUT2D eigenvalue weighted by Gasteiger charge is -2.10. The molecule has 0 unspecified atom stereocenters. The number of carboxylic acids is 1. The molecule has 19 heavy (non-hydrogen) atoms. The van der Waals surface area contributed by atoms with Crippen molar-refractivity contribution in [3.05, 3.63) is 47.4 Å². The van der Waals surface area contributed by atoms with Crippen molar-refractivity contribution >= 4 is 23.2 Å². The van der Waals surface area contributed by atoms with Crippen LogP contribution in [0.5, 0.6) is 0 Å². The summed E-state index contributed by atoms with van der Waals surface area (Å²) >= 11 is 0. The highest BCUT2D eigenvalue weighted by Crippen LogP contribution is 2.24. The fraction of sp³-hybridized carbons (Fsp3) is 0.0769. The summed E-state index contributed by atoms with van der Waals surface area (Å²) in [6.45, 7) is 1.62. The van der Waals surface area contributed by atoms with Crippen molar-refractivity contribution in [1.29, 1.82) is 0 Å². The van der Waals surface area contributed by atoms with E-state index in [0.717, 1.165) is 0 Å². The molecular formula is C13H12FN3O2. The number of benzene rings is 1. The lowest BCUT2D eigenvalue weighted by Crippen LogP contribution is -2.07. The number of pyridine rings is 1. The number of hydrogen-bond acceptors (Lipinski definition) is 4. The first-order valence-electron chi connectivity index (χ1n) is 5.50. The van der Waals surface area contributed by atoms with Gasteiger partial charge in [-0.15, -0.1) is 0 Å².